The number of rotatable bonds is 3. The van der Waals surface area contributed by atoms with Crippen molar-refractivity contribution in [2.75, 3.05) is 6.54 Å². The molecule has 5 heteroatoms. The zero-order valence-electron chi connectivity index (χ0n) is 7.21. The fraction of sp³-hybridized carbons (Fsp3) is 0.375. The standard InChI is InChI=1S/C8H11BrN2O2/c1-5(4-10)11-8(12)6-2-3-13-7(6)9/h2-3,5H,4,10H2,1H3,(H,11,12). The van der Waals surface area contributed by atoms with E-state index in [1.165, 1.54) is 6.26 Å². The Kier molecular flexibility index (Phi) is 3.50. The van der Waals surface area contributed by atoms with Gasteiger partial charge in [0.15, 0.2) is 4.67 Å². The van der Waals surface area contributed by atoms with Crippen LogP contribution in [0.2, 0.25) is 0 Å². The Labute approximate surface area is 84.6 Å². The zero-order valence-corrected chi connectivity index (χ0v) is 8.80. The lowest BCUT2D eigenvalue weighted by Gasteiger charge is -2.09. The van der Waals surface area contributed by atoms with Crippen molar-refractivity contribution in [3.8, 4) is 0 Å². The van der Waals surface area contributed by atoms with Gasteiger partial charge in [0, 0.05) is 12.6 Å². The highest BCUT2D eigenvalue weighted by atomic mass is 79.9. The number of nitrogens with two attached hydrogens (primary N) is 1. The van der Waals surface area contributed by atoms with Crippen LogP contribution in [0.15, 0.2) is 21.4 Å². The third-order valence-corrected chi connectivity index (χ3v) is 2.21. The molecule has 0 aliphatic heterocycles. The summed E-state index contributed by atoms with van der Waals surface area (Å²) in [7, 11) is 0. The molecule has 1 rings (SSSR count). The Morgan fingerprint density at radius 1 is 1.85 bits per heavy atom. The molecule has 4 nitrogen and oxygen atoms in total. The van der Waals surface area contributed by atoms with Gasteiger partial charge in [-0.25, -0.2) is 0 Å². The van der Waals surface area contributed by atoms with Gasteiger partial charge < -0.3 is 15.5 Å². The van der Waals surface area contributed by atoms with Gasteiger partial charge >= 0.3 is 0 Å². The normalized spacial score (nSPS) is 12.5. The second kappa shape index (κ2) is 4.43. The van der Waals surface area contributed by atoms with Crippen molar-refractivity contribution in [2.24, 2.45) is 5.73 Å². The van der Waals surface area contributed by atoms with Gasteiger partial charge in [0.05, 0.1) is 11.8 Å². The van der Waals surface area contributed by atoms with Gasteiger partial charge in [-0.1, -0.05) is 0 Å². The Morgan fingerprint density at radius 3 is 3.00 bits per heavy atom. The van der Waals surface area contributed by atoms with Crippen molar-refractivity contribution in [1.82, 2.24) is 5.32 Å². The SMILES string of the molecule is CC(CN)NC(=O)c1ccoc1Br. The number of halogens is 1. The van der Waals surface area contributed by atoms with Gasteiger partial charge in [0.2, 0.25) is 0 Å². The average Bonchev–Trinajstić information content (AvgIpc) is 2.51. The number of carbonyl (C=O) groups excluding carboxylic acids is 1. The summed E-state index contributed by atoms with van der Waals surface area (Å²) in [6.45, 7) is 2.26. The Hall–Kier alpha value is -0.810. The Bertz CT molecular complexity index is 298. The van der Waals surface area contributed by atoms with Gasteiger partial charge in [-0.2, -0.15) is 0 Å². The van der Waals surface area contributed by atoms with Crippen LogP contribution in [-0.4, -0.2) is 18.5 Å². The summed E-state index contributed by atoms with van der Waals surface area (Å²) in [4.78, 5) is 11.4. The highest BCUT2D eigenvalue weighted by molar-refractivity contribution is 9.10. The first kappa shape index (κ1) is 10.3. The summed E-state index contributed by atoms with van der Waals surface area (Å²) in [6, 6.07) is 1.57. The number of hydrogen-bond donors (Lipinski definition) is 2. The number of hydrogen-bond acceptors (Lipinski definition) is 3. The molecule has 1 aromatic heterocycles. The Morgan fingerprint density at radius 2 is 2.54 bits per heavy atom. The van der Waals surface area contributed by atoms with E-state index in [4.69, 9.17) is 10.2 Å². The molecule has 3 N–H and O–H groups in total. The summed E-state index contributed by atoms with van der Waals surface area (Å²) >= 11 is 3.12. The Balaban J connectivity index is 2.64. The van der Waals surface area contributed by atoms with Crippen LogP contribution < -0.4 is 11.1 Å². The monoisotopic (exact) mass is 246 g/mol. The largest absolute Gasteiger partial charge is 0.457 e. The molecule has 1 aromatic rings. The van der Waals surface area contributed by atoms with Crippen LogP contribution in [-0.2, 0) is 0 Å². The maximum absolute atomic E-state index is 11.4. The van der Waals surface area contributed by atoms with Crippen LogP contribution in [0.5, 0.6) is 0 Å². The third kappa shape index (κ3) is 2.57. The quantitative estimate of drug-likeness (QED) is 0.840. The minimum Gasteiger partial charge on any atom is -0.457 e. The molecule has 0 bridgehead atoms. The van der Waals surface area contributed by atoms with Crippen LogP contribution >= 0.6 is 15.9 Å². The van der Waals surface area contributed by atoms with Crippen molar-refractivity contribution >= 4 is 21.8 Å². The maximum Gasteiger partial charge on any atom is 0.256 e. The fourth-order valence-corrected chi connectivity index (χ4v) is 1.24. The molecule has 13 heavy (non-hydrogen) atoms. The van der Waals surface area contributed by atoms with Crippen LogP contribution in [0.1, 0.15) is 17.3 Å². The molecule has 0 fully saturated rings. The smallest absolute Gasteiger partial charge is 0.256 e. The van der Waals surface area contributed by atoms with Crippen molar-refractivity contribution in [1.29, 1.82) is 0 Å². The number of nitrogens with one attached hydrogen (secondary N) is 1. The van der Waals surface area contributed by atoms with E-state index < -0.39 is 0 Å². The summed E-state index contributed by atoms with van der Waals surface area (Å²) < 4.78 is 5.36. The molecule has 1 atom stereocenters. The van der Waals surface area contributed by atoms with Crippen molar-refractivity contribution in [3.63, 3.8) is 0 Å². The van der Waals surface area contributed by atoms with Crippen LogP contribution in [0, 0.1) is 0 Å². The molecule has 1 amide bonds. The van der Waals surface area contributed by atoms with E-state index >= 15 is 0 Å². The topological polar surface area (TPSA) is 68.3 Å². The summed E-state index contributed by atoms with van der Waals surface area (Å²) in [5.74, 6) is -0.182. The minimum absolute atomic E-state index is 0.0331. The molecule has 0 aliphatic rings. The molecule has 0 aliphatic carbocycles. The molecule has 0 saturated carbocycles. The summed E-state index contributed by atoms with van der Waals surface area (Å²) in [5.41, 5.74) is 5.85. The first-order valence-corrected chi connectivity index (χ1v) is 4.68. The van der Waals surface area contributed by atoms with Crippen LogP contribution in [0.4, 0.5) is 0 Å². The second-order valence-corrected chi connectivity index (χ2v) is 3.44. The minimum atomic E-state index is -0.182. The number of amides is 1. The predicted octanol–water partition coefficient (Wildman–Crippen LogP) is 1.12. The predicted molar refractivity (Wildman–Crippen MR) is 52.4 cm³/mol. The van der Waals surface area contributed by atoms with E-state index in [-0.39, 0.29) is 11.9 Å². The van der Waals surface area contributed by atoms with Crippen LogP contribution in [0.3, 0.4) is 0 Å². The second-order valence-electron chi connectivity index (χ2n) is 2.72. The lowest BCUT2D eigenvalue weighted by molar-refractivity contribution is 0.0939. The number of carbonyl (C=O) groups is 1. The highest BCUT2D eigenvalue weighted by Crippen LogP contribution is 2.17. The van der Waals surface area contributed by atoms with E-state index in [2.05, 4.69) is 21.2 Å². The van der Waals surface area contributed by atoms with E-state index in [9.17, 15) is 4.79 Å². The molecule has 1 heterocycles. The van der Waals surface area contributed by atoms with Crippen molar-refractivity contribution in [2.45, 2.75) is 13.0 Å². The van der Waals surface area contributed by atoms with Gasteiger partial charge in [0.1, 0.15) is 0 Å². The maximum atomic E-state index is 11.4. The first-order chi connectivity index (χ1) is 6.15. The van der Waals surface area contributed by atoms with Crippen molar-refractivity contribution < 1.29 is 9.21 Å². The summed E-state index contributed by atoms with van der Waals surface area (Å²) in [5, 5.41) is 2.72. The molecule has 0 radical (unpaired) electrons. The lowest BCUT2D eigenvalue weighted by Crippen LogP contribution is -2.37. The van der Waals surface area contributed by atoms with E-state index in [1.807, 2.05) is 6.92 Å². The molecule has 0 spiro atoms. The summed E-state index contributed by atoms with van der Waals surface area (Å²) in [6.07, 6.45) is 1.45. The molecule has 72 valence electrons. The zero-order chi connectivity index (χ0) is 9.84. The molecule has 0 saturated heterocycles. The van der Waals surface area contributed by atoms with Gasteiger partial charge in [-0.3, -0.25) is 4.79 Å². The fourth-order valence-electron chi connectivity index (χ4n) is 0.816. The van der Waals surface area contributed by atoms with E-state index in [0.717, 1.165) is 0 Å². The molecular weight excluding hydrogens is 236 g/mol. The number of furan rings is 1. The van der Waals surface area contributed by atoms with E-state index in [1.54, 1.807) is 6.07 Å². The molecular formula is C8H11BrN2O2. The van der Waals surface area contributed by atoms with E-state index in [0.29, 0.717) is 16.8 Å². The lowest BCUT2D eigenvalue weighted by atomic mass is 10.3. The van der Waals surface area contributed by atoms with Crippen molar-refractivity contribution in [3.05, 3.63) is 22.6 Å². The first-order valence-electron chi connectivity index (χ1n) is 3.89. The molecule has 1 unspecified atom stereocenters. The van der Waals surface area contributed by atoms with Crippen LogP contribution in [0.25, 0.3) is 0 Å². The highest BCUT2D eigenvalue weighted by Gasteiger charge is 2.13. The van der Waals surface area contributed by atoms with Gasteiger partial charge in [-0.15, -0.1) is 0 Å². The van der Waals surface area contributed by atoms with Gasteiger partial charge in [-0.05, 0) is 28.9 Å². The molecule has 0 aromatic carbocycles. The average molecular weight is 247 g/mol. The third-order valence-electron chi connectivity index (χ3n) is 1.59. The van der Waals surface area contributed by atoms with Gasteiger partial charge in [0.25, 0.3) is 5.91 Å².